The Balaban J connectivity index is 1.90. The second-order valence-corrected chi connectivity index (χ2v) is 7.54. The van der Waals surface area contributed by atoms with E-state index in [0.717, 1.165) is 0 Å². The van der Waals surface area contributed by atoms with Crippen LogP contribution in [0.2, 0.25) is 5.02 Å². The maximum Gasteiger partial charge on any atom is 0.289 e. The van der Waals surface area contributed by atoms with E-state index in [1.54, 1.807) is 0 Å². The molecule has 128 valence electrons. The largest absolute Gasteiger partial charge is 0.358 e. The van der Waals surface area contributed by atoms with Crippen molar-refractivity contribution >= 4 is 57.1 Å². The molecule has 1 aromatic carbocycles. The van der Waals surface area contributed by atoms with Gasteiger partial charge in [0.2, 0.25) is 11.0 Å². The fraction of sp³-hybridized carbons (Fsp3) is 0.308. The summed E-state index contributed by atoms with van der Waals surface area (Å²) in [6, 6.07) is 4.35. The van der Waals surface area contributed by atoms with Gasteiger partial charge in [-0.25, -0.2) is 0 Å². The fourth-order valence-electron chi connectivity index (χ4n) is 1.63. The van der Waals surface area contributed by atoms with Crippen LogP contribution in [-0.2, 0) is 4.79 Å². The molecule has 0 aliphatic heterocycles. The molecule has 1 amide bonds. The van der Waals surface area contributed by atoms with Crippen LogP contribution in [0.4, 0.5) is 16.5 Å². The highest BCUT2D eigenvalue weighted by molar-refractivity contribution is 8.01. The third-order valence-corrected chi connectivity index (χ3v) is 4.88. The van der Waals surface area contributed by atoms with Gasteiger partial charge in [-0.3, -0.25) is 14.9 Å². The van der Waals surface area contributed by atoms with Gasteiger partial charge in [0.25, 0.3) is 5.69 Å². The maximum atomic E-state index is 11.9. The number of thioether (sulfide) groups is 1. The molecule has 2 N–H and O–H groups in total. The summed E-state index contributed by atoms with van der Waals surface area (Å²) in [7, 11) is 0. The molecule has 11 heteroatoms. The van der Waals surface area contributed by atoms with Crippen molar-refractivity contribution in [1.29, 1.82) is 0 Å². The number of carbonyl (C=O) groups is 1. The summed E-state index contributed by atoms with van der Waals surface area (Å²) in [4.78, 5) is 22.2. The number of aromatic nitrogens is 2. The first kappa shape index (κ1) is 18.4. The van der Waals surface area contributed by atoms with Crippen molar-refractivity contribution in [2.75, 3.05) is 16.4 Å². The van der Waals surface area contributed by atoms with Crippen LogP contribution in [0.3, 0.4) is 0 Å². The predicted octanol–water partition coefficient (Wildman–Crippen LogP) is 3.65. The second kappa shape index (κ2) is 8.27. The molecular formula is C13H14ClN5O3S2. The number of halogens is 1. The Morgan fingerprint density at radius 1 is 1.46 bits per heavy atom. The highest BCUT2D eigenvalue weighted by atomic mass is 35.5. The van der Waals surface area contributed by atoms with Crippen LogP contribution in [0, 0.1) is 10.1 Å². The highest BCUT2D eigenvalue weighted by Crippen LogP contribution is 2.28. The minimum Gasteiger partial charge on any atom is -0.358 e. The molecule has 1 heterocycles. The summed E-state index contributed by atoms with van der Waals surface area (Å²) < 4.78 is 0.662. The van der Waals surface area contributed by atoms with Gasteiger partial charge in [0, 0.05) is 17.8 Å². The Kier molecular flexibility index (Phi) is 6.35. The van der Waals surface area contributed by atoms with E-state index in [2.05, 4.69) is 20.8 Å². The lowest BCUT2D eigenvalue weighted by atomic mass is 10.3. The van der Waals surface area contributed by atoms with Gasteiger partial charge < -0.3 is 10.6 Å². The van der Waals surface area contributed by atoms with E-state index < -0.39 is 4.92 Å². The normalized spacial score (nSPS) is 10.7. The SMILES string of the molecule is CC(C)Nc1nnc(SCC(=O)Nc2ccc(Cl)c([N+](=O)[O-])c2)s1. The molecule has 24 heavy (non-hydrogen) atoms. The van der Waals surface area contributed by atoms with Crippen LogP contribution in [0.1, 0.15) is 13.8 Å². The van der Waals surface area contributed by atoms with Gasteiger partial charge in [-0.05, 0) is 26.0 Å². The number of nitro benzene ring substituents is 1. The maximum absolute atomic E-state index is 11.9. The summed E-state index contributed by atoms with van der Waals surface area (Å²) in [5.74, 6) is -0.183. The third kappa shape index (κ3) is 5.32. The summed E-state index contributed by atoms with van der Waals surface area (Å²) in [5, 5.41) is 25.2. The number of hydrogen-bond donors (Lipinski definition) is 2. The first-order valence-electron chi connectivity index (χ1n) is 6.82. The van der Waals surface area contributed by atoms with Crippen molar-refractivity contribution in [3.8, 4) is 0 Å². The topological polar surface area (TPSA) is 110 Å². The lowest BCUT2D eigenvalue weighted by Crippen LogP contribution is -2.14. The quantitative estimate of drug-likeness (QED) is 0.423. The van der Waals surface area contributed by atoms with Crippen LogP contribution in [0.15, 0.2) is 22.5 Å². The van der Waals surface area contributed by atoms with Gasteiger partial charge in [-0.15, -0.1) is 10.2 Å². The van der Waals surface area contributed by atoms with E-state index in [1.807, 2.05) is 13.8 Å². The first-order chi connectivity index (χ1) is 11.3. The van der Waals surface area contributed by atoms with Gasteiger partial charge in [0.1, 0.15) is 5.02 Å². The zero-order chi connectivity index (χ0) is 17.7. The average Bonchev–Trinajstić information content (AvgIpc) is 2.93. The Morgan fingerprint density at radius 3 is 2.88 bits per heavy atom. The van der Waals surface area contributed by atoms with E-state index in [4.69, 9.17) is 11.6 Å². The van der Waals surface area contributed by atoms with Crippen molar-refractivity contribution in [1.82, 2.24) is 10.2 Å². The van der Waals surface area contributed by atoms with Crippen molar-refractivity contribution in [2.24, 2.45) is 0 Å². The summed E-state index contributed by atoms with van der Waals surface area (Å²) in [5.41, 5.74) is 0.0618. The fourth-order valence-corrected chi connectivity index (χ4v) is 3.51. The number of hydrogen-bond acceptors (Lipinski definition) is 8. The van der Waals surface area contributed by atoms with E-state index in [9.17, 15) is 14.9 Å². The molecule has 8 nitrogen and oxygen atoms in total. The van der Waals surface area contributed by atoms with Crippen LogP contribution in [0.5, 0.6) is 0 Å². The molecule has 0 aliphatic rings. The van der Waals surface area contributed by atoms with Crippen molar-refractivity contribution < 1.29 is 9.72 Å². The number of nitrogens with zero attached hydrogens (tertiary/aromatic N) is 3. The summed E-state index contributed by atoms with van der Waals surface area (Å²) >= 11 is 8.33. The van der Waals surface area contributed by atoms with Crippen LogP contribution in [-0.4, -0.2) is 32.8 Å². The smallest absolute Gasteiger partial charge is 0.289 e. The van der Waals surface area contributed by atoms with Gasteiger partial charge in [-0.2, -0.15) is 0 Å². The standard InChI is InChI=1S/C13H14ClN5O3S2/c1-7(2)15-12-17-18-13(24-12)23-6-11(20)16-8-3-4-9(14)10(5-8)19(21)22/h3-5,7H,6H2,1-2H3,(H,15,17)(H,16,20). The first-order valence-corrected chi connectivity index (χ1v) is 9.00. The van der Waals surface area contributed by atoms with Crippen molar-refractivity contribution in [3.05, 3.63) is 33.3 Å². The lowest BCUT2D eigenvalue weighted by molar-refractivity contribution is -0.384. The molecule has 0 radical (unpaired) electrons. The number of carbonyl (C=O) groups excluding carboxylic acids is 1. The summed E-state index contributed by atoms with van der Waals surface area (Å²) in [6.45, 7) is 3.99. The van der Waals surface area contributed by atoms with Crippen LogP contribution >= 0.6 is 34.7 Å². The average molecular weight is 388 g/mol. The molecular weight excluding hydrogens is 374 g/mol. The zero-order valence-electron chi connectivity index (χ0n) is 12.8. The number of nitro groups is 1. The predicted molar refractivity (Wildman–Crippen MR) is 96.1 cm³/mol. The molecule has 0 unspecified atom stereocenters. The molecule has 0 fully saturated rings. The monoisotopic (exact) mass is 387 g/mol. The molecule has 0 saturated heterocycles. The van der Waals surface area contributed by atoms with Crippen molar-refractivity contribution in [2.45, 2.75) is 24.2 Å². The highest BCUT2D eigenvalue weighted by Gasteiger charge is 2.14. The van der Waals surface area contributed by atoms with E-state index >= 15 is 0 Å². The van der Waals surface area contributed by atoms with Crippen LogP contribution < -0.4 is 10.6 Å². The molecule has 0 bridgehead atoms. The second-order valence-electron chi connectivity index (χ2n) is 4.93. The lowest BCUT2D eigenvalue weighted by Gasteiger charge is -2.05. The Labute approximate surface area is 151 Å². The summed E-state index contributed by atoms with van der Waals surface area (Å²) in [6.07, 6.45) is 0. The molecule has 0 atom stereocenters. The minimum atomic E-state index is -0.600. The number of benzene rings is 1. The van der Waals surface area contributed by atoms with Crippen molar-refractivity contribution in [3.63, 3.8) is 0 Å². The van der Waals surface area contributed by atoms with Gasteiger partial charge >= 0.3 is 0 Å². The number of rotatable bonds is 7. The Hall–Kier alpha value is -1.91. The number of nitrogens with one attached hydrogen (secondary N) is 2. The van der Waals surface area contributed by atoms with Gasteiger partial charge in [0.15, 0.2) is 4.34 Å². The Bertz CT molecular complexity index is 753. The number of anilines is 2. The Morgan fingerprint density at radius 2 is 2.21 bits per heavy atom. The van der Waals surface area contributed by atoms with E-state index in [-0.39, 0.29) is 28.4 Å². The van der Waals surface area contributed by atoms with Crippen LogP contribution in [0.25, 0.3) is 0 Å². The molecule has 2 aromatic rings. The molecule has 1 aromatic heterocycles. The van der Waals surface area contributed by atoms with E-state index in [0.29, 0.717) is 15.2 Å². The van der Waals surface area contributed by atoms with Gasteiger partial charge in [-0.1, -0.05) is 34.7 Å². The zero-order valence-corrected chi connectivity index (χ0v) is 15.2. The minimum absolute atomic E-state index is 0.0198. The molecule has 0 spiro atoms. The number of amides is 1. The van der Waals surface area contributed by atoms with Gasteiger partial charge in [0.05, 0.1) is 10.7 Å². The van der Waals surface area contributed by atoms with E-state index in [1.165, 1.54) is 41.3 Å². The molecule has 2 rings (SSSR count). The third-order valence-electron chi connectivity index (χ3n) is 2.57. The molecule has 0 aliphatic carbocycles. The molecule has 0 saturated carbocycles.